The number of carbonyl (C=O) groups excluding carboxylic acids is 1. The van der Waals surface area contributed by atoms with Crippen LogP contribution in [0.2, 0.25) is 0 Å². The molecule has 114 valence electrons. The summed E-state index contributed by atoms with van der Waals surface area (Å²) in [7, 11) is 0. The van der Waals surface area contributed by atoms with Crippen LogP contribution in [0.25, 0.3) is 0 Å². The van der Waals surface area contributed by atoms with Crippen LogP contribution in [0, 0.1) is 6.92 Å². The summed E-state index contributed by atoms with van der Waals surface area (Å²) < 4.78 is 29.0. The van der Waals surface area contributed by atoms with Gasteiger partial charge in [-0.3, -0.25) is 4.79 Å². The molecule has 21 heavy (non-hydrogen) atoms. The Bertz CT molecular complexity index is 557. The molecule has 0 aromatic carbocycles. The number of alkyl halides is 2. The van der Waals surface area contributed by atoms with Crippen LogP contribution in [-0.2, 0) is 11.3 Å². The van der Waals surface area contributed by atoms with E-state index in [1.807, 2.05) is 13.0 Å². The zero-order chi connectivity index (χ0) is 15.0. The van der Waals surface area contributed by atoms with Gasteiger partial charge in [-0.05, 0) is 31.4 Å². The molecule has 0 atom stereocenters. The second-order valence-corrected chi connectivity index (χ2v) is 5.39. The van der Waals surface area contributed by atoms with E-state index in [4.69, 9.17) is 0 Å². The number of halogens is 2. The third-order valence-electron chi connectivity index (χ3n) is 3.96. The lowest BCUT2D eigenvalue weighted by Crippen LogP contribution is -2.38. The molecule has 7 heteroatoms. The number of hydrogen-bond acceptors (Lipinski definition) is 4. The van der Waals surface area contributed by atoms with Gasteiger partial charge >= 0.3 is 6.61 Å². The van der Waals surface area contributed by atoms with Crippen LogP contribution in [0.4, 0.5) is 14.6 Å². The maximum Gasteiger partial charge on any atom is 0.345 e. The van der Waals surface area contributed by atoms with E-state index in [9.17, 15) is 13.6 Å². The van der Waals surface area contributed by atoms with Gasteiger partial charge < -0.3 is 15.0 Å². The topological polar surface area (TPSA) is 54.5 Å². The molecule has 1 saturated heterocycles. The number of carbonyl (C=O) groups is 1. The average molecular weight is 297 g/mol. The maximum atomic E-state index is 12.2. The Balaban J connectivity index is 1.73. The van der Waals surface area contributed by atoms with Gasteiger partial charge in [0.15, 0.2) is 0 Å². The van der Waals surface area contributed by atoms with E-state index in [0.29, 0.717) is 38.0 Å². The molecule has 3 rings (SSSR count). The Labute approximate surface area is 121 Å². The number of aryl methyl sites for hydroxylation is 1. The first kappa shape index (κ1) is 14.2. The first-order valence-corrected chi connectivity index (χ1v) is 7.02. The molecule has 1 aromatic rings. The number of nitrogens with one attached hydrogen (secondary N) is 1. The molecule has 1 N–H and O–H groups in total. The molecular formula is C14H17F2N3O2. The summed E-state index contributed by atoms with van der Waals surface area (Å²) in [5.74, 6) is 0.747. The van der Waals surface area contributed by atoms with E-state index in [0.717, 1.165) is 17.1 Å². The number of hydrogen-bond donors (Lipinski definition) is 1. The molecule has 5 nitrogen and oxygen atoms in total. The van der Waals surface area contributed by atoms with Crippen molar-refractivity contribution in [2.45, 2.75) is 39.0 Å². The summed E-state index contributed by atoms with van der Waals surface area (Å²) in [6.07, 6.45) is 0.721. The van der Waals surface area contributed by atoms with Crippen molar-refractivity contribution < 1.29 is 18.3 Å². The highest BCUT2D eigenvalue weighted by Gasteiger charge is 2.27. The zero-order valence-electron chi connectivity index (χ0n) is 11.7. The van der Waals surface area contributed by atoms with Gasteiger partial charge in [0.25, 0.3) is 5.91 Å². The van der Waals surface area contributed by atoms with Crippen molar-refractivity contribution in [3.05, 3.63) is 22.9 Å². The molecule has 2 aliphatic heterocycles. The summed E-state index contributed by atoms with van der Waals surface area (Å²) in [6.45, 7) is 0.914. The molecule has 0 aliphatic carbocycles. The minimum atomic E-state index is -2.71. The normalized spacial score (nSPS) is 19.0. The lowest BCUT2D eigenvalue weighted by molar-refractivity contribution is -0.166. The average Bonchev–Trinajstić information content (AvgIpc) is 2.79. The minimum absolute atomic E-state index is 0.0869. The van der Waals surface area contributed by atoms with Crippen molar-refractivity contribution in [3.8, 4) is 0 Å². The van der Waals surface area contributed by atoms with E-state index in [-0.39, 0.29) is 12.0 Å². The first-order chi connectivity index (χ1) is 10.0. The molecule has 3 heterocycles. The predicted octanol–water partition coefficient (Wildman–Crippen LogP) is 1.84. The van der Waals surface area contributed by atoms with Crippen LogP contribution in [0.15, 0.2) is 6.07 Å². The highest BCUT2D eigenvalue weighted by molar-refractivity contribution is 5.98. The van der Waals surface area contributed by atoms with Gasteiger partial charge in [-0.25, -0.2) is 4.98 Å². The molecule has 1 fully saturated rings. The van der Waals surface area contributed by atoms with E-state index < -0.39 is 6.61 Å². The number of nitrogens with zero attached hydrogens (tertiary/aromatic N) is 2. The molecule has 0 saturated carbocycles. The summed E-state index contributed by atoms with van der Waals surface area (Å²) in [5, 5.41) is 2.75. The van der Waals surface area contributed by atoms with Gasteiger partial charge in [0.05, 0.1) is 23.9 Å². The molecule has 1 amide bonds. The number of ether oxygens (including phenoxy) is 1. The van der Waals surface area contributed by atoms with Crippen LogP contribution < -0.4 is 10.2 Å². The van der Waals surface area contributed by atoms with E-state index in [1.165, 1.54) is 0 Å². The maximum absolute atomic E-state index is 12.2. The third-order valence-corrected chi connectivity index (χ3v) is 3.96. The number of aromatic nitrogens is 1. The lowest BCUT2D eigenvalue weighted by Gasteiger charge is -2.33. The van der Waals surface area contributed by atoms with Crippen LogP contribution in [0.1, 0.15) is 34.5 Å². The fraction of sp³-hybridized carbons (Fsp3) is 0.571. The van der Waals surface area contributed by atoms with Gasteiger partial charge in [0.1, 0.15) is 5.82 Å². The highest BCUT2D eigenvalue weighted by atomic mass is 19.3. The number of fused-ring (bicyclic) bond motifs is 1. The van der Waals surface area contributed by atoms with Crippen LogP contribution in [0.3, 0.4) is 0 Å². The zero-order valence-corrected chi connectivity index (χ0v) is 11.7. The van der Waals surface area contributed by atoms with Gasteiger partial charge in [0, 0.05) is 13.1 Å². The smallest absolute Gasteiger partial charge is 0.345 e. The second-order valence-electron chi connectivity index (χ2n) is 5.39. The molecule has 2 aliphatic rings. The summed E-state index contributed by atoms with van der Waals surface area (Å²) in [4.78, 5) is 18.2. The number of anilines is 1. The fourth-order valence-corrected chi connectivity index (χ4v) is 2.90. The van der Waals surface area contributed by atoms with Gasteiger partial charge in [-0.2, -0.15) is 8.78 Å². The Hall–Kier alpha value is -1.76. The number of pyridine rings is 1. The summed E-state index contributed by atoms with van der Waals surface area (Å²) >= 11 is 0. The van der Waals surface area contributed by atoms with Crippen LogP contribution >= 0.6 is 0 Å². The molecule has 0 spiro atoms. The van der Waals surface area contributed by atoms with Crippen molar-refractivity contribution in [3.63, 3.8) is 0 Å². The van der Waals surface area contributed by atoms with Crippen molar-refractivity contribution >= 4 is 11.7 Å². The molecule has 0 unspecified atom stereocenters. The summed E-state index contributed by atoms with van der Waals surface area (Å²) in [6, 6.07) is 1.85. The quantitative estimate of drug-likeness (QED) is 0.925. The Morgan fingerprint density at radius 1 is 1.43 bits per heavy atom. The largest absolute Gasteiger partial charge is 0.356 e. The van der Waals surface area contributed by atoms with Gasteiger partial charge in [0.2, 0.25) is 0 Å². The van der Waals surface area contributed by atoms with Gasteiger partial charge in [-0.1, -0.05) is 0 Å². The lowest BCUT2D eigenvalue weighted by atomic mass is 10.1. The van der Waals surface area contributed by atoms with Crippen molar-refractivity contribution in [1.29, 1.82) is 0 Å². The minimum Gasteiger partial charge on any atom is -0.356 e. The van der Waals surface area contributed by atoms with Crippen LogP contribution in [-0.4, -0.2) is 36.7 Å². The van der Waals surface area contributed by atoms with Crippen LogP contribution in [0.5, 0.6) is 0 Å². The molecule has 0 bridgehead atoms. The molecule has 0 radical (unpaired) electrons. The van der Waals surface area contributed by atoms with E-state index in [1.54, 1.807) is 0 Å². The Kier molecular flexibility index (Phi) is 3.75. The molecule has 1 aromatic heterocycles. The van der Waals surface area contributed by atoms with Crippen molar-refractivity contribution in [2.75, 3.05) is 18.0 Å². The van der Waals surface area contributed by atoms with Crippen molar-refractivity contribution in [1.82, 2.24) is 10.3 Å². The SMILES string of the molecule is Cc1cc2c(nc1N1CCC(OC(F)F)CC1)CNC2=O. The van der Waals surface area contributed by atoms with Gasteiger partial charge in [-0.15, -0.1) is 0 Å². The van der Waals surface area contributed by atoms with E-state index in [2.05, 4.69) is 19.9 Å². The third kappa shape index (κ3) is 2.83. The monoisotopic (exact) mass is 297 g/mol. The second kappa shape index (κ2) is 5.55. The number of rotatable bonds is 3. The number of amides is 1. The highest BCUT2D eigenvalue weighted by Crippen LogP contribution is 2.27. The van der Waals surface area contributed by atoms with Crippen molar-refractivity contribution in [2.24, 2.45) is 0 Å². The fourth-order valence-electron chi connectivity index (χ4n) is 2.90. The predicted molar refractivity (Wildman–Crippen MR) is 72.5 cm³/mol. The van der Waals surface area contributed by atoms with E-state index >= 15 is 0 Å². The molecular weight excluding hydrogens is 280 g/mol. The Morgan fingerprint density at radius 2 is 2.14 bits per heavy atom. The first-order valence-electron chi connectivity index (χ1n) is 7.02. The summed E-state index contributed by atoms with van der Waals surface area (Å²) in [5.41, 5.74) is 2.32. The number of piperidine rings is 1. The Morgan fingerprint density at radius 3 is 2.81 bits per heavy atom. The standard InChI is InChI=1S/C14H17F2N3O2/c1-8-6-10-11(7-17-13(10)20)18-12(8)19-4-2-9(3-5-19)21-14(15)16/h6,9,14H,2-5,7H2,1H3,(H,17,20).